The summed E-state index contributed by atoms with van der Waals surface area (Å²) in [4.78, 5) is 0. The largest absolute Gasteiger partial charge is 0.394 e. The normalized spacial score (nSPS) is 14.1. The van der Waals surface area contributed by atoms with Crippen LogP contribution in [0.3, 0.4) is 0 Å². The molecular formula is C48H98O6. The fraction of sp³-hybridized carbons (Fsp3) is 1.00. The average Bonchev–Trinajstić information content (AvgIpc) is 3.18. The Hall–Kier alpha value is -0.240. The third-order valence-corrected chi connectivity index (χ3v) is 11.4. The SMILES string of the molecule is CCCCCCCCCCCCCCO[C@@H]([C@H](O)[C@H](CO)OCCCCCCCCCCCCCC)[C@@H](CO)OCCCCCCCCCCCCCC. The van der Waals surface area contributed by atoms with E-state index in [1.54, 1.807) is 0 Å². The number of hydrogen-bond donors (Lipinski definition) is 3. The van der Waals surface area contributed by atoms with E-state index >= 15 is 0 Å². The molecule has 0 heterocycles. The molecule has 0 amide bonds. The lowest BCUT2D eigenvalue weighted by molar-refractivity contribution is -0.174. The molecule has 0 radical (unpaired) electrons. The topological polar surface area (TPSA) is 88.4 Å². The van der Waals surface area contributed by atoms with Crippen LogP contribution in [-0.2, 0) is 14.2 Å². The van der Waals surface area contributed by atoms with E-state index in [-0.39, 0.29) is 13.2 Å². The monoisotopic (exact) mass is 771 g/mol. The van der Waals surface area contributed by atoms with Gasteiger partial charge in [0.1, 0.15) is 24.4 Å². The molecule has 0 aliphatic rings. The third kappa shape index (κ3) is 36.1. The van der Waals surface area contributed by atoms with Gasteiger partial charge in [0.2, 0.25) is 0 Å². The number of rotatable bonds is 47. The maximum Gasteiger partial charge on any atom is 0.114 e. The second kappa shape index (κ2) is 45.5. The van der Waals surface area contributed by atoms with Crippen molar-refractivity contribution in [2.24, 2.45) is 0 Å². The van der Waals surface area contributed by atoms with Gasteiger partial charge in [-0.2, -0.15) is 0 Å². The van der Waals surface area contributed by atoms with Gasteiger partial charge in [0.15, 0.2) is 0 Å². The van der Waals surface area contributed by atoms with Crippen LogP contribution in [0.4, 0.5) is 0 Å². The van der Waals surface area contributed by atoms with E-state index in [2.05, 4.69) is 20.8 Å². The molecule has 0 unspecified atom stereocenters. The minimum Gasteiger partial charge on any atom is -0.394 e. The number of hydrogen-bond acceptors (Lipinski definition) is 6. The summed E-state index contributed by atoms with van der Waals surface area (Å²) < 4.78 is 18.5. The van der Waals surface area contributed by atoms with Crippen LogP contribution in [-0.4, -0.2) is 72.8 Å². The molecule has 0 bridgehead atoms. The Bertz CT molecular complexity index is 678. The van der Waals surface area contributed by atoms with E-state index in [1.807, 2.05) is 0 Å². The van der Waals surface area contributed by atoms with E-state index in [1.165, 1.54) is 193 Å². The van der Waals surface area contributed by atoms with Crippen LogP contribution in [0, 0.1) is 0 Å². The van der Waals surface area contributed by atoms with Gasteiger partial charge in [0, 0.05) is 19.8 Å². The molecule has 0 rings (SSSR count). The summed E-state index contributed by atoms with van der Waals surface area (Å²) in [6.45, 7) is 7.86. The molecule has 0 spiro atoms. The second-order valence-electron chi connectivity index (χ2n) is 16.7. The zero-order valence-electron chi connectivity index (χ0n) is 36.9. The first-order valence-electron chi connectivity index (χ1n) is 24.4. The van der Waals surface area contributed by atoms with Crippen LogP contribution in [0.2, 0.25) is 0 Å². The summed E-state index contributed by atoms with van der Waals surface area (Å²) in [7, 11) is 0. The van der Waals surface area contributed by atoms with Gasteiger partial charge in [0.05, 0.1) is 13.2 Å². The molecule has 0 aliphatic carbocycles. The molecule has 0 saturated heterocycles. The van der Waals surface area contributed by atoms with Gasteiger partial charge >= 0.3 is 0 Å². The number of aliphatic hydroxyl groups is 3. The smallest absolute Gasteiger partial charge is 0.114 e. The molecule has 0 aromatic rings. The van der Waals surface area contributed by atoms with Crippen LogP contribution in [0.25, 0.3) is 0 Å². The quantitative estimate of drug-likeness (QED) is 0.0534. The van der Waals surface area contributed by atoms with E-state index in [0.29, 0.717) is 19.8 Å². The summed E-state index contributed by atoms with van der Waals surface area (Å²) in [5, 5.41) is 32.1. The zero-order valence-corrected chi connectivity index (χ0v) is 36.9. The standard InChI is InChI=1S/C48H98O6/c1-4-7-10-13-16-19-22-25-28-31-34-37-40-52-45(43-49)47(51)48(54-42-39-36-33-30-27-24-21-18-15-12-9-6-3)46(44-50)53-41-38-35-32-29-26-23-20-17-14-11-8-5-2/h45-51H,4-44H2,1-3H3/t45-,46+,47+,48+/m0/s1. The van der Waals surface area contributed by atoms with Gasteiger partial charge in [0.25, 0.3) is 0 Å². The molecule has 6 nitrogen and oxygen atoms in total. The fourth-order valence-electron chi connectivity index (χ4n) is 7.67. The molecule has 4 atom stereocenters. The van der Waals surface area contributed by atoms with E-state index in [0.717, 1.165) is 38.5 Å². The Balaban J connectivity index is 4.59. The van der Waals surface area contributed by atoms with Crippen LogP contribution < -0.4 is 0 Å². The highest BCUT2D eigenvalue weighted by Gasteiger charge is 2.35. The van der Waals surface area contributed by atoms with Crippen LogP contribution >= 0.6 is 0 Å². The van der Waals surface area contributed by atoms with Crippen LogP contribution in [0.5, 0.6) is 0 Å². The van der Waals surface area contributed by atoms with Gasteiger partial charge in [-0.05, 0) is 19.3 Å². The van der Waals surface area contributed by atoms with Gasteiger partial charge in [-0.25, -0.2) is 0 Å². The lowest BCUT2D eigenvalue weighted by Crippen LogP contribution is -2.50. The van der Waals surface area contributed by atoms with E-state index < -0.39 is 24.4 Å². The summed E-state index contributed by atoms with van der Waals surface area (Å²) >= 11 is 0. The zero-order chi connectivity index (χ0) is 39.4. The Morgan fingerprint density at radius 2 is 0.519 bits per heavy atom. The molecular weight excluding hydrogens is 673 g/mol. The molecule has 326 valence electrons. The predicted molar refractivity (Wildman–Crippen MR) is 233 cm³/mol. The highest BCUT2D eigenvalue weighted by Crippen LogP contribution is 2.19. The minimum absolute atomic E-state index is 0.227. The Morgan fingerprint density at radius 3 is 0.778 bits per heavy atom. The number of unbranched alkanes of at least 4 members (excludes halogenated alkanes) is 33. The van der Waals surface area contributed by atoms with Gasteiger partial charge in [-0.1, -0.05) is 233 Å². The highest BCUT2D eigenvalue weighted by atomic mass is 16.6. The van der Waals surface area contributed by atoms with Crippen molar-refractivity contribution >= 4 is 0 Å². The van der Waals surface area contributed by atoms with Crippen LogP contribution in [0.1, 0.15) is 252 Å². The lowest BCUT2D eigenvalue weighted by Gasteiger charge is -2.33. The molecule has 6 heteroatoms. The molecule has 0 saturated carbocycles. The predicted octanol–water partition coefficient (Wildman–Crippen LogP) is 13.6. The van der Waals surface area contributed by atoms with E-state index in [9.17, 15) is 15.3 Å². The average molecular weight is 771 g/mol. The van der Waals surface area contributed by atoms with Crippen molar-refractivity contribution in [1.29, 1.82) is 0 Å². The van der Waals surface area contributed by atoms with Crippen molar-refractivity contribution in [2.75, 3.05) is 33.0 Å². The Morgan fingerprint density at radius 1 is 0.296 bits per heavy atom. The highest BCUT2D eigenvalue weighted by molar-refractivity contribution is 4.84. The molecule has 0 aromatic carbocycles. The van der Waals surface area contributed by atoms with Crippen LogP contribution in [0.15, 0.2) is 0 Å². The first-order chi connectivity index (χ1) is 26.7. The Labute approximate surface area is 338 Å². The Kier molecular flexibility index (Phi) is 45.3. The maximum atomic E-state index is 11.5. The summed E-state index contributed by atoms with van der Waals surface area (Å²) in [5.41, 5.74) is 0. The summed E-state index contributed by atoms with van der Waals surface area (Å²) in [6, 6.07) is 0. The van der Waals surface area contributed by atoms with Gasteiger partial charge < -0.3 is 29.5 Å². The molecule has 0 aromatic heterocycles. The van der Waals surface area contributed by atoms with Crippen molar-refractivity contribution in [1.82, 2.24) is 0 Å². The first kappa shape index (κ1) is 53.8. The van der Waals surface area contributed by atoms with Crippen molar-refractivity contribution in [3.8, 4) is 0 Å². The molecule has 3 N–H and O–H groups in total. The van der Waals surface area contributed by atoms with Gasteiger partial charge in [-0.3, -0.25) is 0 Å². The second-order valence-corrected chi connectivity index (χ2v) is 16.7. The van der Waals surface area contributed by atoms with Crippen molar-refractivity contribution in [3.05, 3.63) is 0 Å². The lowest BCUT2D eigenvalue weighted by atomic mass is 10.0. The van der Waals surface area contributed by atoms with Gasteiger partial charge in [-0.15, -0.1) is 0 Å². The molecule has 0 fully saturated rings. The summed E-state index contributed by atoms with van der Waals surface area (Å²) in [6.07, 6.45) is 42.9. The maximum absolute atomic E-state index is 11.5. The third-order valence-electron chi connectivity index (χ3n) is 11.4. The van der Waals surface area contributed by atoms with Crippen molar-refractivity contribution in [2.45, 2.75) is 276 Å². The van der Waals surface area contributed by atoms with Crippen molar-refractivity contribution < 1.29 is 29.5 Å². The number of aliphatic hydroxyl groups excluding tert-OH is 3. The minimum atomic E-state index is -1.07. The molecule has 54 heavy (non-hydrogen) atoms. The van der Waals surface area contributed by atoms with E-state index in [4.69, 9.17) is 14.2 Å². The number of ether oxygens (including phenoxy) is 3. The van der Waals surface area contributed by atoms with Crippen molar-refractivity contribution in [3.63, 3.8) is 0 Å². The first-order valence-corrected chi connectivity index (χ1v) is 24.4. The fourth-order valence-corrected chi connectivity index (χ4v) is 7.67. The molecule has 0 aliphatic heterocycles. The summed E-state index contributed by atoms with van der Waals surface area (Å²) in [5.74, 6) is 0.